The van der Waals surface area contributed by atoms with E-state index >= 15 is 0 Å². The lowest BCUT2D eigenvalue weighted by Gasteiger charge is -2.35. The maximum absolute atomic E-state index is 13.7. The lowest BCUT2D eigenvalue weighted by atomic mass is 9.97. The molecule has 0 saturated heterocycles. The molecule has 7 nitrogen and oxygen atoms in total. The molecule has 1 unspecified atom stereocenters. The van der Waals surface area contributed by atoms with Crippen molar-refractivity contribution in [1.29, 1.82) is 0 Å². The van der Waals surface area contributed by atoms with Gasteiger partial charge in [0, 0.05) is 18.4 Å². The zero-order valence-electron chi connectivity index (χ0n) is 20.5. The molecule has 0 aromatic heterocycles. The number of sulfonamides is 1. The zero-order chi connectivity index (χ0) is 27.8. The molecule has 0 radical (unpaired) electrons. The number of hydrogen-bond acceptors (Lipinski definition) is 5. The third-order valence-electron chi connectivity index (χ3n) is 6.55. The molecule has 0 bridgehead atoms. The van der Waals surface area contributed by atoms with E-state index in [4.69, 9.17) is 14.6 Å². The number of benzene rings is 3. The van der Waals surface area contributed by atoms with Gasteiger partial charge in [0.2, 0.25) is 0 Å². The van der Waals surface area contributed by atoms with Gasteiger partial charge in [0.25, 0.3) is 10.0 Å². The fourth-order valence-electron chi connectivity index (χ4n) is 4.66. The van der Waals surface area contributed by atoms with Crippen molar-refractivity contribution in [2.75, 3.05) is 17.5 Å². The normalized spacial score (nSPS) is 18.1. The lowest BCUT2D eigenvalue weighted by Crippen LogP contribution is -2.43. The van der Waals surface area contributed by atoms with Gasteiger partial charge in [-0.3, -0.25) is 9.10 Å². The first-order valence-corrected chi connectivity index (χ1v) is 13.6. The maximum Gasteiger partial charge on any atom is 0.416 e. The van der Waals surface area contributed by atoms with E-state index in [0.29, 0.717) is 24.7 Å². The number of anilines is 1. The number of ether oxygens (including phenoxy) is 2. The summed E-state index contributed by atoms with van der Waals surface area (Å²) in [5, 5.41) is 9.10. The molecule has 2 aliphatic rings. The molecule has 3 aromatic carbocycles. The van der Waals surface area contributed by atoms with Crippen LogP contribution in [0, 0.1) is 0 Å². The molecule has 39 heavy (non-hydrogen) atoms. The number of alkyl halides is 3. The topological polar surface area (TPSA) is 93.1 Å². The summed E-state index contributed by atoms with van der Waals surface area (Å²) < 4.78 is 80.2. The molecule has 0 saturated carbocycles. The molecule has 204 valence electrons. The molecule has 2 aliphatic heterocycles. The Morgan fingerprint density at radius 2 is 1.85 bits per heavy atom. The van der Waals surface area contributed by atoms with Crippen molar-refractivity contribution in [2.45, 2.75) is 36.4 Å². The number of carbonyl (C=O) groups is 1. The van der Waals surface area contributed by atoms with Crippen molar-refractivity contribution in [3.63, 3.8) is 0 Å². The number of nitrogens with zero attached hydrogens (tertiary/aromatic N) is 1. The van der Waals surface area contributed by atoms with E-state index in [2.05, 4.69) is 0 Å². The molecule has 1 atom stereocenters. The largest absolute Gasteiger partial charge is 0.493 e. The Bertz CT molecular complexity index is 1550. The minimum Gasteiger partial charge on any atom is -0.493 e. The summed E-state index contributed by atoms with van der Waals surface area (Å²) in [4.78, 5) is 10.6. The number of rotatable bonds is 6. The van der Waals surface area contributed by atoms with Gasteiger partial charge in [0.15, 0.2) is 0 Å². The average molecular weight is 560 g/mol. The number of fused-ring (bicyclic) bond motifs is 2. The Morgan fingerprint density at radius 3 is 2.62 bits per heavy atom. The van der Waals surface area contributed by atoms with Crippen LogP contribution in [0.25, 0.3) is 11.6 Å². The van der Waals surface area contributed by atoms with E-state index in [1.54, 1.807) is 18.2 Å². The molecule has 0 spiro atoms. The van der Waals surface area contributed by atoms with Gasteiger partial charge in [0.1, 0.15) is 17.6 Å². The van der Waals surface area contributed by atoms with Gasteiger partial charge >= 0.3 is 12.1 Å². The monoisotopic (exact) mass is 559 g/mol. The van der Waals surface area contributed by atoms with Crippen LogP contribution in [0.3, 0.4) is 0 Å². The number of carboxylic acid groups (broad SMARTS) is 1. The maximum atomic E-state index is 13.7. The van der Waals surface area contributed by atoms with Crippen molar-refractivity contribution in [2.24, 2.45) is 0 Å². The van der Waals surface area contributed by atoms with E-state index in [9.17, 15) is 26.4 Å². The molecule has 2 heterocycles. The second-order valence-corrected chi connectivity index (χ2v) is 11.1. The minimum atomic E-state index is -4.72. The molecule has 11 heteroatoms. The molecule has 0 aliphatic carbocycles. The highest BCUT2D eigenvalue weighted by Crippen LogP contribution is 2.41. The SMILES string of the molecule is O=C(O)CCC1CN(S(=O)(=O)c2cccc(C(F)(F)F)c2)c2cc(C=C3CCOc4ccccc43)ccc2O1. The smallest absolute Gasteiger partial charge is 0.416 e. The predicted octanol–water partition coefficient (Wildman–Crippen LogP) is 5.85. The first-order valence-electron chi connectivity index (χ1n) is 12.2. The molecular formula is C28H24F3NO6S. The quantitative estimate of drug-likeness (QED) is 0.407. The third kappa shape index (κ3) is 5.58. The third-order valence-corrected chi connectivity index (χ3v) is 8.32. The van der Waals surface area contributed by atoms with Gasteiger partial charge in [-0.15, -0.1) is 0 Å². The Hall–Kier alpha value is -3.99. The summed E-state index contributed by atoms with van der Waals surface area (Å²) in [6.07, 6.45) is -3.23. The van der Waals surface area contributed by atoms with Gasteiger partial charge in [0.05, 0.1) is 29.3 Å². The minimum absolute atomic E-state index is 0.0198. The van der Waals surface area contributed by atoms with E-state index in [0.717, 1.165) is 39.4 Å². The Morgan fingerprint density at radius 1 is 1.05 bits per heavy atom. The highest BCUT2D eigenvalue weighted by atomic mass is 32.2. The van der Waals surface area contributed by atoms with E-state index in [1.807, 2.05) is 30.3 Å². The van der Waals surface area contributed by atoms with E-state index in [-0.39, 0.29) is 30.8 Å². The first kappa shape index (κ1) is 26.6. The van der Waals surface area contributed by atoms with Crippen LogP contribution < -0.4 is 13.8 Å². The summed E-state index contributed by atoms with van der Waals surface area (Å²) in [6, 6.07) is 16.1. The van der Waals surface area contributed by atoms with Crippen LogP contribution in [0.2, 0.25) is 0 Å². The molecule has 0 amide bonds. The van der Waals surface area contributed by atoms with Crippen LogP contribution in [0.4, 0.5) is 18.9 Å². The van der Waals surface area contributed by atoms with Crippen molar-refractivity contribution in [3.8, 4) is 11.5 Å². The van der Waals surface area contributed by atoms with Crippen molar-refractivity contribution in [1.82, 2.24) is 0 Å². The van der Waals surface area contributed by atoms with Gasteiger partial charge in [-0.2, -0.15) is 13.2 Å². The standard InChI is InChI=1S/C28H24F3NO6S/c29-28(30,31)20-4-3-5-22(16-20)39(35,36)32-17-21(9-11-27(33)34)38-26-10-8-18(15-24(26)32)14-19-12-13-37-25-7-2-1-6-23(19)25/h1-8,10,14-16,21H,9,11-13,17H2,(H,33,34). The summed E-state index contributed by atoms with van der Waals surface area (Å²) in [5.41, 5.74) is 1.64. The van der Waals surface area contributed by atoms with Gasteiger partial charge in [-0.25, -0.2) is 8.42 Å². The molecule has 5 rings (SSSR count). The summed E-state index contributed by atoms with van der Waals surface area (Å²) >= 11 is 0. The predicted molar refractivity (Wildman–Crippen MR) is 138 cm³/mol. The average Bonchev–Trinajstić information content (AvgIpc) is 2.91. The fourth-order valence-corrected chi connectivity index (χ4v) is 6.20. The zero-order valence-corrected chi connectivity index (χ0v) is 21.3. The molecule has 1 N–H and O–H groups in total. The van der Waals surface area contributed by atoms with Crippen LogP contribution in [-0.2, 0) is 21.0 Å². The van der Waals surface area contributed by atoms with Crippen LogP contribution >= 0.6 is 0 Å². The lowest BCUT2D eigenvalue weighted by molar-refractivity contribution is -0.138. The Balaban J connectivity index is 1.57. The number of para-hydroxylation sites is 1. The summed E-state index contributed by atoms with van der Waals surface area (Å²) in [7, 11) is -4.46. The molecular weight excluding hydrogens is 535 g/mol. The van der Waals surface area contributed by atoms with E-state index in [1.165, 1.54) is 0 Å². The van der Waals surface area contributed by atoms with Gasteiger partial charge in [-0.05, 0) is 54.0 Å². The first-order chi connectivity index (χ1) is 18.5. The summed E-state index contributed by atoms with van der Waals surface area (Å²) in [6.45, 7) is 0.230. The van der Waals surface area contributed by atoms with Gasteiger partial charge in [-0.1, -0.05) is 36.4 Å². The van der Waals surface area contributed by atoms with Crippen LogP contribution in [-0.4, -0.2) is 38.7 Å². The number of aliphatic carboxylic acids is 1. The van der Waals surface area contributed by atoms with Gasteiger partial charge < -0.3 is 14.6 Å². The van der Waals surface area contributed by atoms with Crippen molar-refractivity contribution < 1.29 is 41.0 Å². The number of carboxylic acids is 1. The Labute approximate surface area is 223 Å². The summed E-state index contributed by atoms with van der Waals surface area (Å²) in [5.74, 6) is -0.136. The Kier molecular flexibility index (Phi) is 7.02. The highest BCUT2D eigenvalue weighted by molar-refractivity contribution is 7.92. The van der Waals surface area contributed by atoms with Crippen molar-refractivity contribution in [3.05, 3.63) is 83.4 Å². The second-order valence-electron chi connectivity index (χ2n) is 9.23. The second kappa shape index (κ2) is 10.3. The number of hydrogen-bond donors (Lipinski definition) is 1. The molecule has 3 aromatic rings. The fraction of sp³-hybridized carbons (Fsp3) is 0.250. The number of halogens is 3. The highest BCUT2D eigenvalue weighted by Gasteiger charge is 2.37. The van der Waals surface area contributed by atoms with E-state index < -0.39 is 38.7 Å². The van der Waals surface area contributed by atoms with Crippen LogP contribution in [0.5, 0.6) is 11.5 Å². The van der Waals surface area contributed by atoms with Crippen LogP contribution in [0.1, 0.15) is 36.0 Å². The van der Waals surface area contributed by atoms with Crippen LogP contribution in [0.15, 0.2) is 71.6 Å². The van der Waals surface area contributed by atoms with Crippen molar-refractivity contribution >= 4 is 33.3 Å². The molecule has 0 fully saturated rings.